The molecule has 3 aromatic rings. The van der Waals surface area contributed by atoms with Gasteiger partial charge in [-0.1, -0.05) is 78.9 Å². The molecule has 0 saturated heterocycles. The van der Waals surface area contributed by atoms with Gasteiger partial charge in [0.15, 0.2) is 0 Å². The summed E-state index contributed by atoms with van der Waals surface area (Å²) in [7, 11) is -3.83. The van der Waals surface area contributed by atoms with Gasteiger partial charge in [-0.2, -0.15) is 4.31 Å². The van der Waals surface area contributed by atoms with Crippen molar-refractivity contribution in [2.75, 3.05) is 11.9 Å². The highest BCUT2D eigenvalue weighted by Gasteiger charge is 2.23. The van der Waals surface area contributed by atoms with E-state index in [1.807, 2.05) is 92.7 Å². The van der Waals surface area contributed by atoms with E-state index in [4.69, 9.17) is 0 Å². The summed E-state index contributed by atoms with van der Waals surface area (Å²) in [6.45, 7) is 3.62. The number of anilines is 1. The van der Waals surface area contributed by atoms with E-state index in [1.54, 1.807) is 0 Å². The Balaban J connectivity index is 1.83. The highest BCUT2D eigenvalue weighted by atomic mass is 32.2. The van der Waals surface area contributed by atoms with E-state index in [9.17, 15) is 13.2 Å². The summed E-state index contributed by atoms with van der Waals surface area (Å²) in [5, 5.41) is 4.02. The Kier molecular flexibility index (Phi) is 7.39. The molecule has 1 N–H and O–H groups in total. The van der Waals surface area contributed by atoms with Gasteiger partial charge in [-0.05, 0) is 42.2 Å². The number of sulfonamides is 1. The van der Waals surface area contributed by atoms with E-state index < -0.39 is 10.0 Å². The maximum atomic E-state index is 13.1. The van der Waals surface area contributed by atoms with Crippen molar-refractivity contribution < 1.29 is 13.2 Å². The Labute approximate surface area is 184 Å². The summed E-state index contributed by atoms with van der Waals surface area (Å²) in [5.41, 5.74) is 4.14. The van der Waals surface area contributed by atoms with E-state index in [2.05, 4.69) is 5.32 Å². The lowest BCUT2D eigenvalue weighted by Gasteiger charge is -2.21. The van der Waals surface area contributed by atoms with Crippen molar-refractivity contribution in [3.05, 3.63) is 107 Å². The fraction of sp³-hybridized carbons (Fsp3) is 0.160. The molecule has 0 aliphatic heterocycles. The van der Waals surface area contributed by atoms with Gasteiger partial charge in [0.1, 0.15) is 0 Å². The summed E-state index contributed by atoms with van der Waals surface area (Å²) < 4.78 is 27.4. The van der Waals surface area contributed by atoms with Crippen LogP contribution in [0.1, 0.15) is 22.3 Å². The standard InChI is InChI=1S/C25H26N2O3S/c1-20-10-9-11-21(2)25(20)26-24(28)19-27(18-23-14-7-4-8-15-23)31(29,30)17-16-22-12-5-3-6-13-22/h3-17H,18-19H2,1-2H3,(H,26,28)/b17-16+. The summed E-state index contributed by atoms with van der Waals surface area (Å²) in [5.74, 6) is -0.384. The second-order valence-corrected chi connectivity index (χ2v) is 9.15. The maximum absolute atomic E-state index is 13.1. The van der Waals surface area contributed by atoms with E-state index in [1.165, 1.54) is 10.4 Å². The summed E-state index contributed by atoms with van der Waals surface area (Å²) in [4.78, 5) is 12.8. The van der Waals surface area contributed by atoms with Gasteiger partial charge in [-0.15, -0.1) is 0 Å². The number of carbonyl (C=O) groups is 1. The van der Waals surface area contributed by atoms with Gasteiger partial charge in [-0.3, -0.25) is 4.79 Å². The molecule has 3 rings (SSSR count). The second kappa shape index (κ2) is 10.2. The Morgan fingerprint density at radius 1 is 0.871 bits per heavy atom. The minimum Gasteiger partial charge on any atom is -0.324 e. The first kappa shape index (κ1) is 22.5. The largest absolute Gasteiger partial charge is 0.324 e. The molecule has 0 fully saturated rings. The van der Waals surface area contributed by atoms with Crippen molar-refractivity contribution in [2.45, 2.75) is 20.4 Å². The number of amides is 1. The molecule has 0 aliphatic carbocycles. The zero-order chi connectivity index (χ0) is 22.3. The van der Waals surface area contributed by atoms with Crippen LogP contribution in [-0.4, -0.2) is 25.2 Å². The monoisotopic (exact) mass is 434 g/mol. The zero-order valence-corrected chi connectivity index (χ0v) is 18.5. The van der Waals surface area contributed by atoms with E-state index in [0.29, 0.717) is 5.69 Å². The van der Waals surface area contributed by atoms with E-state index in [0.717, 1.165) is 27.7 Å². The summed E-state index contributed by atoms with van der Waals surface area (Å²) in [6, 6.07) is 24.2. The lowest BCUT2D eigenvalue weighted by molar-refractivity contribution is -0.116. The zero-order valence-electron chi connectivity index (χ0n) is 17.7. The van der Waals surface area contributed by atoms with Crippen molar-refractivity contribution in [1.82, 2.24) is 4.31 Å². The van der Waals surface area contributed by atoms with Gasteiger partial charge >= 0.3 is 0 Å². The summed E-state index contributed by atoms with van der Waals surface area (Å²) >= 11 is 0. The maximum Gasteiger partial charge on any atom is 0.239 e. The third-order valence-corrected chi connectivity index (χ3v) is 6.32. The smallest absolute Gasteiger partial charge is 0.239 e. The van der Waals surface area contributed by atoms with Crippen LogP contribution in [0.15, 0.2) is 84.3 Å². The first-order valence-electron chi connectivity index (χ1n) is 9.98. The number of benzene rings is 3. The van der Waals surface area contributed by atoms with Gasteiger partial charge in [0.05, 0.1) is 6.54 Å². The van der Waals surface area contributed by atoms with Gasteiger partial charge in [0, 0.05) is 17.6 Å². The van der Waals surface area contributed by atoms with Gasteiger partial charge in [0.25, 0.3) is 0 Å². The fourth-order valence-corrected chi connectivity index (χ4v) is 4.32. The van der Waals surface area contributed by atoms with Crippen molar-refractivity contribution in [3.8, 4) is 0 Å². The van der Waals surface area contributed by atoms with Crippen molar-refractivity contribution in [2.24, 2.45) is 0 Å². The first-order chi connectivity index (χ1) is 14.8. The molecule has 31 heavy (non-hydrogen) atoms. The number of rotatable bonds is 8. The molecular formula is C25H26N2O3S. The van der Waals surface area contributed by atoms with Crippen LogP contribution in [0.5, 0.6) is 0 Å². The molecule has 160 valence electrons. The number of hydrogen-bond donors (Lipinski definition) is 1. The van der Waals surface area contributed by atoms with Crippen LogP contribution < -0.4 is 5.32 Å². The number of aryl methyl sites for hydroxylation is 2. The Morgan fingerprint density at radius 3 is 2.06 bits per heavy atom. The van der Waals surface area contributed by atoms with Crippen molar-refractivity contribution in [3.63, 3.8) is 0 Å². The normalized spacial score (nSPS) is 11.7. The topological polar surface area (TPSA) is 66.5 Å². The van der Waals surface area contributed by atoms with Gasteiger partial charge in [0.2, 0.25) is 15.9 Å². The first-order valence-corrected chi connectivity index (χ1v) is 11.5. The van der Waals surface area contributed by atoms with Crippen LogP contribution in [-0.2, 0) is 21.4 Å². The van der Waals surface area contributed by atoms with Crippen LogP contribution in [0.25, 0.3) is 6.08 Å². The molecule has 0 aromatic heterocycles. The lowest BCUT2D eigenvalue weighted by Crippen LogP contribution is -2.36. The fourth-order valence-electron chi connectivity index (χ4n) is 3.19. The molecule has 3 aromatic carbocycles. The highest BCUT2D eigenvalue weighted by molar-refractivity contribution is 7.92. The van der Waals surface area contributed by atoms with Gasteiger partial charge < -0.3 is 5.32 Å². The minimum absolute atomic E-state index is 0.0997. The number of nitrogens with zero attached hydrogens (tertiary/aromatic N) is 1. The van der Waals surface area contributed by atoms with Crippen LogP contribution in [0.2, 0.25) is 0 Å². The lowest BCUT2D eigenvalue weighted by atomic mass is 10.1. The Bertz CT molecular complexity index is 1140. The van der Waals surface area contributed by atoms with Crippen LogP contribution in [0, 0.1) is 13.8 Å². The third-order valence-electron chi connectivity index (χ3n) is 4.86. The van der Waals surface area contributed by atoms with Crippen molar-refractivity contribution in [1.29, 1.82) is 0 Å². The van der Waals surface area contributed by atoms with E-state index >= 15 is 0 Å². The second-order valence-electron chi connectivity index (χ2n) is 7.33. The van der Waals surface area contributed by atoms with E-state index in [-0.39, 0.29) is 19.0 Å². The highest BCUT2D eigenvalue weighted by Crippen LogP contribution is 2.20. The third kappa shape index (κ3) is 6.38. The minimum atomic E-state index is -3.83. The Hall–Kier alpha value is -3.22. The van der Waals surface area contributed by atoms with Crippen LogP contribution >= 0.6 is 0 Å². The number of para-hydroxylation sites is 1. The molecule has 0 heterocycles. The average molecular weight is 435 g/mol. The Morgan fingerprint density at radius 2 is 1.45 bits per heavy atom. The molecule has 0 aliphatic rings. The van der Waals surface area contributed by atoms with Crippen molar-refractivity contribution >= 4 is 27.7 Å². The molecule has 6 heteroatoms. The summed E-state index contributed by atoms with van der Waals surface area (Å²) in [6.07, 6.45) is 1.54. The molecule has 5 nitrogen and oxygen atoms in total. The molecule has 0 bridgehead atoms. The van der Waals surface area contributed by atoms with Gasteiger partial charge in [-0.25, -0.2) is 8.42 Å². The SMILES string of the molecule is Cc1cccc(C)c1NC(=O)CN(Cc1ccccc1)S(=O)(=O)/C=C/c1ccccc1. The molecule has 0 spiro atoms. The molecule has 0 radical (unpaired) electrons. The van der Waals surface area contributed by atoms with Crippen LogP contribution in [0.4, 0.5) is 5.69 Å². The number of hydrogen-bond acceptors (Lipinski definition) is 3. The van der Waals surface area contributed by atoms with Crippen LogP contribution in [0.3, 0.4) is 0 Å². The molecule has 0 atom stereocenters. The predicted molar refractivity (Wildman–Crippen MR) is 126 cm³/mol. The number of carbonyl (C=O) groups excluding carboxylic acids is 1. The average Bonchev–Trinajstić information content (AvgIpc) is 2.76. The molecular weight excluding hydrogens is 408 g/mol. The molecule has 0 saturated carbocycles. The molecule has 1 amide bonds. The number of nitrogens with one attached hydrogen (secondary N) is 1. The predicted octanol–water partition coefficient (Wildman–Crippen LogP) is 4.74. The quantitative estimate of drug-likeness (QED) is 0.557. The molecule has 0 unspecified atom stereocenters.